The first-order chi connectivity index (χ1) is 11.7. The molecule has 2 N–H and O–H groups in total. The van der Waals surface area contributed by atoms with Gasteiger partial charge in [0.25, 0.3) is 5.91 Å². The van der Waals surface area contributed by atoms with Gasteiger partial charge in [0, 0.05) is 17.5 Å². The van der Waals surface area contributed by atoms with Crippen LogP contribution in [-0.2, 0) is 11.3 Å². The highest BCUT2D eigenvalue weighted by Crippen LogP contribution is 2.18. The van der Waals surface area contributed by atoms with E-state index >= 15 is 0 Å². The fraction of sp³-hybridized carbons (Fsp3) is 0.353. The van der Waals surface area contributed by atoms with Crippen LogP contribution < -0.4 is 5.32 Å². The lowest BCUT2D eigenvalue weighted by Crippen LogP contribution is -2.23. The maximum Gasteiger partial charge on any atom is 0.268 e. The summed E-state index contributed by atoms with van der Waals surface area (Å²) in [6.45, 7) is 3.81. The summed E-state index contributed by atoms with van der Waals surface area (Å²) in [6, 6.07) is 8.17. The van der Waals surface area contributed by atoms with E-state index in [9.17, 15) is 4.79 Å². The summed E-state index contributed by atoms with van der Waals surface area (Å²) >= 11 is 0. The molecule has 2 aromatic heterocycles. The Balaban J connectivity index is 1.42. The predicted molar refractivity (Wildman–Crippen MR) is 88.7 cm³/mol. The minimum atomic E-state index is -0.150. The number of rotatable bonds is 4. The second kappa shape index (κ2) is 6.09. The first-order valence-corrected chi connectivity index (χ1v) is 8.05. The molecule has 1 amide bonds. The molecule has 7 nitrogen and oxygen atoms in total. The van der Waals surface area contributed by atoms with Gasteiger partial charge >= 0.3 is 0 Å². The van der Waals surface area contributed by atoms with Crippen LogP contribution >= 0.6 is 0 Å². The predicted octanol–water partition coefficient (Wildman–Crippen LogP) is 1.96. The topological polar surface area (TPSA) is 84.8 Å². The lowest BCUT2D eigenvalue weighted by molar-refractivity contribution is 0.0946. The van der Waals surface area contributed by atoms with Gasteiger partial charge in [-0.1, -0.05) is 17.3 Å². The van der Waals surface area contributed by atoms with E-state index in [0.29, 0.717) is 18.8 Å². The number of H-pyrrole nitrogens is 1. The van der Waals surface area contributed by atoms with Gasteiger partial charge in [-0.15, -0.1) is 5.10 Å². The molecular formula is C17H19N5O2. The maximum atomic E-state index is 12.3. The molecule has 3 heterocycles. The molecule has 24 heavy (non-hydrogen) atoms. The molecule has 4 rings (SSSR count). The summed E-state index contributed by atoms with van der Waals surface area (Å²) in [4.78, 5) is 15.5. The SMILES string of the molecule is Cc1ccc2cc(C(=O)NCc3cn(C4CCOC4)nn3)[nH]c2c1. The van der Waals surface area contributed by atoms with Gasteiger partial charge in [-0.2, -0.15) is 0 Å². The third kappa shape index (κ3) is 2.90. The van der Waals surface area contributed by atoms with Crippen LogP contribution in [0.25, 0.3) is 10.9 Å². The number of hydrogen-bond donors (Lipinski definition) is 2. The van der Waals surface area contributed by atoms with Crippen molar-refractivity contribution >= 4 is 16.8 Å². The lowest BCUT2D eigenvalue weighted by Gasteiger charge is -2.05. The minimum absolute atomic E-state index is 0.150. The van der Waals surface area contributed by atoms with Gasteiger partial charge < -0.3 is 15.0 Å². The van der Waals surface area contributed by atoms with Crippen LogP contribution in [0.2, 0.25) is 0 Å². The van der Waals surface area contributed by atoms with Gasteiger partial charge in [0.15, 0.2) is 0 Å². The highest BCUT2D eigenvalue weighted by atomic mass is 16.5. The monoisotopic (exact) mass is 325 g/mol. The number of amides is 1. The summed E-state index contributed by atoms with van der Waals surface area (Å²) in [6.07, 6.45) is 2.82. The van der Waals surface area contributed by atoms with Crippen molar-refractivity contribution in [3.63, 3.8) is 0 Å². The normalized spacial score (nSPS) is 17.5. The van der Waals surface area contributed by atoms with E-state index in [2.05, 4.69) is 20.6 Å². The number of nitrogens with one attached hydrogen (secondary N) is 2. The average Bonchev–Trinajstić information content (AvgIpc) is 3.30. The summed E-state index contributed by atoms with van der Waals surface area (Å²) < 4.78 is 7.17. The first-order valence-electron chi connectivity index (χ1n) is 8.05. The molecule has 1 aliphatic heterocycles. The standard InChI is InChI=1S/C17H19N5O2/c1-11-2-3-12-7-16(19-15(12)6-11)17(23)18-8-13-9-22(21-20-13)14-4-5-24-10-14/h2-3,6-7,9,14,19H,4-5,8,10H2,1H3,(H,18,23). The Morgan fingerprint density at radius 2 is 2.38 bits per heavy atom. The fourth-order valence-electron chi connectivity index (χ4n) is 2.93. The van der Waals surface area contributed by atoms with Crippen molar-refractivity contribution in [3.05, 3.63) is 47.4 Å². The molecule has 3 aromatic rings. The summed E-state index contributed by atoms with van der Waals surface area (Å²) in [5.74, 6) is -0.150. The number of aromatic amines is 1. The number of benzene rings is 1. The average molecular weight is 325 g/mol. The van der Waals surface area contributed by atoms with Crippen LogP contribution in [-0.4, -0.2) is 39.1 Å². The highest BCUT2D eigenvalue weighted by molar-refractivity contribution is 5.98. The number of ether oxygens (including phenoxy) is 1. The van der Waals surface area contributed by atoms with Gasteiger partial charge in [0.2, 0.25) is 0 Å². The molecule has 1 fully saturated rings. The molecule has 1 saturated heterocycles. The van der Waals surface area contributed by atoms with Crippen LogP contribution in [0.3, 0.4) is 0 Å². The van der Waals surface area contributed by atoms with Crippen LogP contribution in [0.1, 0.15) is 34.2 Å². The minimum Gasteiger partial charge on any atom is -0.379 e. The molecular weight excluding hydrogens is 306 g/mol. The maximum absolute atomic E-state index is 12.3. The third-order valence-electron chi connectivity index (χ3n) is 4.29. The van der Waals surface area contributed by atoms with Gasteiger partial charge in [0.1, 0.15) is 11.4 Å². The van der Waals surface area contributed by atoms with Crippen molar-refractivity contribution in [1.82, 2.24) is 25.3 Å². The zero-order valence-electron chi connectivity index (χ0n) is 13.5. The molecule has 1 atom stereocenters. The quantitative estimate of drug-likeness (QED) is 0.768. The molecule has 0 aliphatic carbocycles. The lowest BCUT2D eigenvalue weighted by atomic mass is 10.2. The number of fused-ring (bicyclic) bond motifs is 1. The van der Waals surface area contributed by atoms with E-state index in [-0.39, 0.29) is 11.9 Å². The Morgan fingerprint density at radius 3 is 3.21 bits per heavy atom. The zero-order chi connectivity index (χ0) is 16.5. The van der Waals surface area contributed by atoms with Crippen molar-refractivity contribution in [3.8, 4) is 0 Å². The van der Waals surface area contributed by atoms with Crippen molar-refractivity contribution in [2.75, 3.05) is 13.2 Å². The van der Waals surface area contributed by atoms with E-state index in [4.69, 9.17) is 4.74 Å². The van der Waals surface area contributed by atoms with Gasteiger partial charge in [0.05, 0.1) is 25.4 Å². The van der Waals surface area contributed by atoms with Crippen LogP contribution in [0.15, 0.2) is 30.5 Å². The Kier molecular flexibility index (Phi) is 3.78. The van der Waals surface area contributed by atoms with Gasteiger partial charge in [-0.25, -0.2) is 4.68 Å². The largest absolute Gasteiger partial charge is 0.379 e. The highest BCUT2D eigenvalue weighted by Gasteiger charge is 2.19. The van der Waals surface area contributed by atoms with E-state index < -0.39 is 0 Å². The van der Waals surface area contributed by atoms with Crippen molar-refractivity contribution in [2.45, 2.75) is 25.9 Å². The van der Waals surface area contributed by atoms with Crippen molar-refractivity contribution in [2.24, 2.45) is 0 Å². The van der Waals surface area contributed by atoms with Crippen LogP contribution in [0.4, 0.5) is 0 Å². The van der Waals surface area contributed by atoms with Gasteiger partial charge in [-0.3, -0.25) is 4.79 Å². The number of aryl methyl sites for hydroxylation is 1. The molecule has 0 saturated carbocycles. The first kappa shape index (κ1) is 14.9. The number of aromatic nitrogens is 4. The smallest absolute Gasteiger partial charge is 0.268 e. The number of carbonyl (C=O) groups excluding carboxylic acids is 1. The van der Waals surface area contributed by atoms with Gasteiger partial charge in [-0.05, 0) is 31.0 Å². The Labute approximate surface area is 139 Å². The second-order valence-corrected chi connectivity index (χ2v) is 6.16. The number of nitrogens with zero attached hydrogens (tertiary/aromatic N) is 3. The molecule has 1 aliphatic rings. The van der Waals surface area contributed by atoms with E-state index in [1.807, 2.05) is 42.1 Å². The third-order valence-corrected chi connectivity index (χ3v) is 4.29. The molecule has 1 unspecified atom stereocenters. The Hall–Kier alpha value is -2.67. The second-order valence-electron chi connectivity index (χ2n) is 6.16. The number of hydrogen-bond acceptors (Lipinski definition) is 4. The zero-order valence-corrected chi connectivity index (χ0v) is 13.5. The van der Waals surface area contributed by atoms with Crippen molar-refractivity contribution < 1.29 is 9.53 Å². The molecule has 124 valence electrons. The molecule has 7 heteroatoms. The van der Waals surface area contributed by atoms with Crippen LogP contribution in [0.5, 0.6) is 0 Å². The Morgan fingerprint density at radius 1 is 1.46 bits per heavy atom. The molecule has 0 spiro atoms. The fourth-order valence-corrected chi connectivity index (χ4v) is 2.93. The van der Waals surface area contributed by atoms with E-state index in [1.165, 1.54) is 0 Å². The summed E-state index contributed by atoms with van der Waals surface area (Å²) in [5, 5.41) is 12.1. The van der Waals surface area contributed by atoms with Crippen molar-refractivity contribution in [1.29, 1.82) is 0 Å². The molecule has 0 radical (unpaired) electrons. The Bertz CT molecular complexity index is 876. The summed E-state index contributed by atoms with van der Waals surface area (Å²) in [5.41, 5.74) is 3.41. The van der Waals surface area contributed by atoms with Crippen LogP contribution in [0, 0.1) is 6.92 Å². The van der Waals surface area contributed by atoms with E-state index in [0.717, 1.165) is 35.2 Å². The van der Waals surface area contributed by atoms with E-state index in [1.54, 1.807) is 0 Å². The molecule has 0 bridgehead atoms. The number of carbonyl (C=O) groups is 1. The molecule has 1 aromatic carbocycles. The summed E-state index contributed by atoms with van der Waals surface area (Å²) in [7, 11) is 0.